The lowest BCUT2D eigenvalue weighted by atomic mass is 10.2. The van der Waals surface area contributed by atoms with E-state index in [1.807, 2.05) is 0 Å². The van der Waals surface area contributed by atoms with Crippen LogP contribution >= 0.6 is 0 Å². The molecule has 6 heteroatoms. The van der Waals surface area contributed by atoms with E-state index in [2.05, 4.69) is 5.32 Å². The van der Waals surface area contributed by atoms with Crippen LogP contribution in [0.2, 0.25) is 0 Å². The second-order valence-electron chi connectivity index (χ2n) is 4.19. The number of hydrogen-bond donors (Lipinski definition) is 2. The number of carbonyl (C=O) groups excluding carboxylic acids is 1. The summed E-state index contributed by atoms with van der Waals surface area (Å²) in [6.07, 6.45) is 1.44. The normalized spacial score (nSPS) is 22.4. The van der Waals surface area contributed by atoms with E-state index in [-0.39, 0.29) is 5.91 Å². The Morgan fingerprint density at radius 1 is 1.59 bits per heavy atom. The fraction of sp³-hybridized carbons (Fsp3) is 0.818. The third-order valence-electron chi connectivity index (χ3n) is 3.06. The molecular formula is C11H20N2O4. The van der Waals surface area contributed by atoms with Gasteiger partial charge in [0.2, 0.25) is 5.91 Å². The topological polar surface area (TPSA) is 78.9 Å². The van der Waals surface area contributed by atoms with Crippen molar-refractivity contribution >= 4 is 11.9 Å². The summed E-state index contributed by atoms with van der Waals surface area (Å²) in [7, 11) is 1.57. The quantitative estimate of drug-likeness (QED) is 0.626. The molecule has 0 bridgehead atoms. The number of nitrogens with zero attached hydrogens (tertiary/aromatic N) is 1. The van der Waals surface area contributed by atoms with Crippen molar-refractivity contribution in [1.29, 1.82) is 0 Å². The number of hydrogen-bond acceptors (Lipinski definition) is 4. The van der Waals surface area contributed by atoms with Gasteiger partial charge in [0.05, 0.1) is 12.6 Å². The Hall–Kier alpha value is -1.14. The monoisotopic (exact) mass is 244 g/mol. The van der Waals surface area contributed by atoms with Crippen LogP contribution in [0, 0.1) is 0 Å². The van der Waals surface area contributed by atoms with E-state index < -0.39 is 18.1 Å². The number of amides is 1. The number of aliphatic carboxylic acids is 1. The van der Waals surface area contributed by atoms with Gasteiger partial charge in [0.1, 0.15) is 6.04 Å². The van der Waals surface area contributed by atoms with Gasteiger partial charge in [0.15, 0.2) is 0 Å². The van der Waals surface area contributed by atoms with Gasteiger partial charge >= 0.3 is 5.97 Å². The van der Waals surface area contributed by atoms with E-state index in [0.717, 1.165) is 6.42 Å². The highest BCUT2D eigenvalue weighted by Gasteiger charge is 2.36. The molecule has 0 aromatic heterocycles. The molecule has 0 aliphatic carbocycles. The summed E-state index contributed by atoms with van der Waals surface area (Å²) < 4.78 is 4.83. The first-order chi connectivity index (χ1) is 8.07. The van der Waals surface area contributed by atoms with Crippen molar-refractivity contribution in [3.8, 4) is 0 Å². The maximum atomic E-state index is 11.8. The third-order valence-corrected chi connectivity index (χ3v) is 3.06. The van der Waals surface area contributed by atoms with E-state index in [0.29, 0.717) is 26.1 Å². The summed E-state index contributed by atoms with van der Waals surface area (Å²) in [6.45, 7) is 3.31. The Labute approximate surface area is 101 Å². The highest BCUT2D eigenvalue weighted by atomic mass is 16.5. The minimum absolute atomic E-state index is 0.143. The summed E-state index contributed by atoms with van der Waals surface area (Å²) in [5.74, 6) is -0.991. The molecule has 17 heavy (non-hydrogen) atoms. The van der Waals surface area contributed by atoms with E-state index >= 15 is 0 Å². The fourth-order valence-electron chi connectivity index (χ4n) is 2.09. The van der Waals surface area contributed by atoms with Crippen LogP contribution in [0.15, 0.2) is 0 Å². The summed E-state index contributed by atoms with van der Waals surface area (Å²) in [6, 6.07) is -0.936. The van der Waals surface area contributed by atoms with Crippen LogP contribution in [0.5, 0.6) is 0 Å². The lowest BCUT2D eigenvalue weighted by Gasteiger charge is -2.27. The number of likely N-dealkylation sites (tertiary alicyclic amines) is 1. The molecule has 6 nitrogen and oxygen atoms in total. The van der Waals surface area contributed by atoms with Gasteiger partial charge in [0.25, 0.3) is 0 Å². The van der Waals surface area contributed by atoms with Crippen LogP contribution in [-0.2, 0) is 14.3 Å². The molecule has 1 aliphatic heterocycles. The number of carboxylic acids is 1. The highest BCUT2D eigenvalue weighted by Crippen LogP contribution is 2.20. The van der Waals surface area contributed by atoms with Crippen LogP contribution in [0.3, 0.4) is 0 Å². The second-order valence-corrected chi connectivity index (χ2v) is 4.19. The molecule has 1 heterocycles. The van der Waals surface area contributed by atoms with Gasteiger partial charge in [-0.05, 0) is 26.3 Å². The molecule has 2 N–H and O–H groups in total. The molecule has 0 spiro atoms. The SMILES string of the molecule is COCCNC(=O)C(C)N1CCCC1C(=O)O. The Morgan fingerprint density at radius 3 is 2.88 bits per heavy atom. The maximum Gasteiger partial charge on any atom is 0.320 e. The number of rotatable bonds is 6. The van der Waals surface area contributed by atoms with E-state index in [9.17, 15) is 9.59 Å². The Kier molecular flexibility index (Phi) is 5.37. The molecule has 1 fully saturated rings. The van der Waals surface area contributed by atoms with Gasteiger partial charge < -0.3 is 15.2 Å². The number of nitrogens with one attached hydrogen (secondary N) is 1. The molecule has 98 valence electrons. The van der Waals surface area contributed by atoms with Gasteiger partial charge in [0, 0.05) is 13.7 Å². The molecule has 1 saturated heterocycles. The zero-order valence-electron chi connectivity index (χ0n) is 10.3. The largest absolute Gasteiger partial charge is 0.480 e. The van der Waals surface area contributed by atoms with Crippen LogP contribution in [0.25, 0.3) is 0 Å². The average Bonchev–Trinajstić information content (AvgIpc) is 2.77. The van der Waals surface area contributed by atoms with E-state index in [4.69, 9.17) is 9.84 Å². The molecule has 1 rings (SSSR count). The average molecular weight is 244 g/mol. The lowest BCUT2D eigenvalue weighted by molar-refractivity contribution is -0.143. The molecule has 0 radical (unpaired) electrons. The van der Waals surface area contributed by atoms with Crippen LogP contribution in [0.4, 0.5) is 0 Å². The molecule has 2 unspecified atom stereocenters. The van der Waals surface area contributed by atoms with Crippen molar-refractivity contribution in [1.82, 2.24) is 10.2 Å². The third kappa shape index (κ3) is 3.67. The van der Waals surface area contributed by atoms with E-state index in [1.54, 1.807) is 18.9 Å². The van der Waals surface area contributed by atoms with Crippen molar-refractivity contribution < 1.29 is 19.4 Å². The Bertz CT molecular complexity index is 283. The Morgan fingerprint density at radius 2 is 2.29 bits per heavy atom. The Balaban J connectivity index is 2.47. The first-order valence-corrected chi connectivity index (χ1v) is 5.83. The van der Waals surface area contributed by atoms with Gasteiger partial charge in [-0.25, -0.2) is 0 Å². The van der Waals surface area contributed by atoms with Gasteiger partial charge in [-0.2, -0.15) is 0 Å². The predicted molar refractivity (Wildman–Crippen MR) is 61.7 cm³/mol. The van der Waals surface area contributed by atoms with Crippen LogP contribution in [0.1, 0.15) is 19.8 Å². The highest BCUT2D eigenvalue weighted by molar-refractivity contribution is 5.82. The second kappa shape index (κ2) is 6.56. The first kappa shape index (κ1) is 13.9. The maximum absolute atomic E-state index is 11.8. The van der Waals surface area contributed by atoms with Crippen molar-refractivity contribution in [3.05, 3.63) is 0 Å². The van der Waals surface area contributed by atoms with Crippen LogP contribution < -0.4 is 5.32 Å². The number of carboxylic acid groups (broad SMARTS) is 1. The molecule has 0 saturated carbocycles. The first-order valence-electron chi connectivity index (χ1n) is 5.83. The minimum atomic E-state index is -0.848. The summed E-state index contributed by atoms with van der Waals surface area (Å²) in [5, 5.41) is 11.8. The number of methoxy groups -OCH3 is 1. The van der Waals surface area contributed by atoms with Crippen LogP contribution in [-0.4, -0.2) is 60.8 Å². The van der Waals surface area contributed by atoms with Gasteiger partial charge in [-0.3, -0.25) is 14.5 Å². The summed E-state index contributed by atoms with van der Waals surface area (Å²) >= 11 is 0. The van der Waals surface area contributed by atoms with Gasteiger partial charge in [-0.15, -0.1) is 0 Å². The standard InChI is InChI=1S/C11H20N2O4/c1-8(10(14)12-5-7-17-2)13-6-3-4-9(13)11(15)16/h8-9H,3-7H2,1-2H3,(H,12,14)(H,15,16). The van der Waals surface area contributed by atoms with Crippen molar-refractivity contribution in [2.75, 3.05) is 26.8 Å². The smallest absolute Gasteiger partial charge is 0.320 e. The zero-order chi connectivity index (χ0) is 12.8. The van der Waals surface area contributed by atoms with Crippen molar-refractivity contribution in [2.45, 2.75) is 31.8 Å². The summed E-state index contributed by atoms with van der Waals surface area (Å²) in [4.78, 5) is 24.5. The molecule has 1 amide bonds. The number of carbonyl (C=O) groups is 2. The minimum Gasteiger partial charge on any atom is -0.480 e. The molecule has 2 atom stereocenters. The molecule has 0 aromatic carbocycles. The molecule has 0 aromatic rings. The molecular weight excluding hydrogens is 224 g/mol. The summed E-state index contributed by atoms with van der Waals surface area (Å²) in [5.41, 5.74) is 0. The predicted octanol–water partition coefficient (Wildman–Crippen LogP) is -0.313. The molecule has 1 aliphatic rings. The van der Waals surface area contributed by atoms with Gasteiger partial charge in [-0.1, -0.05) is 0 Å². The van der Waals surface area contributed by atoms with Crippen molar-refractivity contribution in [2.24, 2.45) is 0 Å². The zero-order valence-corrected chi connectivity index (χ0v) is 10.3. The lowest BCUT2D eigenvalue weighted by Crippen LogP contribution is -2.49. The number of ether oxygens (including phenoxy) is 1. The van der Waals surface area contributed by atoms with E-state index in [1.165, 1.54) is 0 Å². The van der Waals surface area contributed by atoms with Crippen molar-refractivity contribution in [3.63, 3.8) is 0 Å². The fourth-order valence-corrected chi connectivity index (χ4v) is 2.09.